The minimum atomic E-state index is 0.0301. The molecule has 1 unspecified atom stereocenters. The van der Waals surface area contributed by atoms with Gasteiger partial charge in [-0.25, -0.2) is 4.98 Å². The zero-order valence-corrected chi connectivity index (χ0v) is 17.9. The van der Waals surface area contributed by atoms with Crippen LogP contribution in [0.4, 0.5) is 0 Å². The maximum Gasteiger partial charge on any atom is 0.254 e. The third-order valence-corrected chi connectivity index (χ3v) is 5.69. The van der Waals surface area contributed by atoms with Gasteiger partial charge in [-0.2, -0.15) is 0 Å². The van der Waals surface area contributed by atoms with Crippen LogP contribution in [0.5, 0.6) is 11.5 Å². The van der Waals surface area contributed by atoms with Gasteiger partial charge in [0.25, 0.3) is 5.91 Å². The number of benzene rings is 2. The van der Waals surface area contributed by atoms with Crippen molar-refractivity contribution in [3.05, 3.63) is 53.9 Å². The van der Waals surface area contributed by atoms with Crippen molar-refractivity contribution in [2.24, 2.45) is 7.05 Å². The van der Waals surface area contributed by atoms with Crippen LogP contribution in [0.25, 0.3) is 11.0 Å². The molecule has 0 radical (unpaired) electrons. The van der Waals surface area contributed by atoms with Gasteiger partial charge in [0.15, 0.2) is 11.5 Å². The minimum absolute atomic E-state index is 0.0301. The number of aryl methyl sites for hydroxylation is 1. The van der Waals surface area contributed by atoms with Crippen LogP contribution in [0.15, 0.2) is 42.5 Å². The second-order valence-corrected chi connectivity index (χ2v) is 7.64. The lowest BCUT2D eigenvalue weighted by Gasteiger charge is -2.32. The number of hydrogen-bond donors (Lipinski definition) is 0. The van der Waals surface area contributed by atoms with E-state index < -0.39 is 0 Å². The highest BCUT2D eigenvalue weighted by molar-refractivity contribution is 5.95. The number of para-hydroxylation sites is 2. The van der Waals surface area contributed by atoms with Crippen LogP contribution in [-0.4, -0.2) is 46.7 Å². The summed E-state index contributed by atoms with van der Waals surface area (Å²) in [6.07, 6.45) is 2.00. The average Bonchev–Trinajstić information content (AvgIpc) is 3.12. The van der Waals surface area contributed by atoms with E-state index in [1.165, 1.54) is 0 Å². The van der Waals surface area contributed by atoms with Crippen LogP contribution in [-0.2, 0) is 7.05 Å². The second kappa shape index (κ2) is 8.78. The molecule has 0 spiro atoms. The molecule has 6 nitrogen and oxygen atoms in total. The second-order valence-electron chi connectivity index (χ2n) is 7.64. The van der Waals surface area contributed by atoms with Gasteiger partial charge in [-0.05, 0) is 57.0 Å². The average molecular weight is 408 g/mol. The number of aromatic nitrogens is 2. The highest BCUT2D eigenvalue weighted by Crippen LogP contribution is 2.32. The number of imidazole rings is 1. The SMILES string of the molecule is CCOc1ccc(C(=O)N2CCCC(c3nc4ccccc4n3C)C2)cc1OCC. The molecule has 158 valence electrons. The molecule has 6 heteroatoms. The van der Waals surface area contributed by atoms with E-state index in [2.05, 4.69) is 17.7 Å². The van der Waals surface area contributed by atoms with Crippen LogP contribution < -0.4 is 9.47 Å². The van der Waals surface area contributed by atoms with Crippen LogP contribution in [0.3, 0.4) is 0 Å². The van der Waals surface area contributed by atoms with E-state index in [1.807, 2.05) is 49.1 Å². The van der Waals surface area contributed by atoms with Crippen molar-refractivity contribution >= 4 is 16.9 Å². The van der Waals surface area contributed by atoms with Crippen molar-refractivity contribution in [3.63, 3.8) is 0 Å². The van der Waals surface area contributed by atoms with Crippen molar-refractivity contribution in [1.82, 2.24) is 14.5 Å². The quantitative estimate of drug-likeness (QED) is 0.608. The van der Waals surface area contributed by atoms with Crippen molar-refractivity contribution in [2.75, 3.05) is 26.3 Å². The van der Waals surface area contributed by atoms with Crippen LogP contribution >= 0.6 is 0 Å². The number of carbonyl (C=O) groups excluding carboxylic acids is 1. The summed E-state index contributed by atoms with van der Waals surface area (Å²) in [4.78, 5) is 20.1. The lowest BCUT2D eigenvalue weighted by atomic mass is 9.96. The molecule has 0 saturated carbocycles. The molecule has 1 amide bonds. The molecular formula is C24H29N3O3. The van der Waals surface area contributed by atoms with Gasteiger partial charge in [-0.15, -0.1) is 0 Å². The molecule has 1 aromatic heterocycles. The van der Waals surface area contributed by atoms with E-state index in [0.29, 0.717) is 36.8 Å². The van der Waals surface area contributed by atoms with Gasteiger partial charge in [0.2, 0.25) is 0 Å². The molecular weight excluding hydrogens is 378 g/mol. The van der Waals surface area contributed by atoms with E-state index in [4.69, 9.17) is 14.5 Å². The predicted molar refractivity (Wildman–Crippen MR) is 117 cm³/mol. The van der Waals surface area contributed by atoms with E-state index >= 15 is 0 Å². The molecule has 1 aliphatic rings. The van der Waals surface area contributed by atoms with Crippen LogP contribution in [0, 0.1) is 0 Å². The monoisotopic (exact) mass is 407 g/mol. The first-order valence-electron chi connectivity index (χ1n) is 10.7. The normalized spacial score (nSPS) is 16.6. The van der Waals surface area contributed by atoms with Crippen molar-refractivity contribution < 1.29 is 14.3 Å². The highest BCUT2D eigenvalue weighted by atomic mass is 16.5. The first kappa shape index (κ1) is 20.3. The predicted octanol–water partition coefficient (Wildman–Crippen LogP) is 4.39. The van der Waals surface area contributed by atoms with Crippen molar-refractivity contribution in [2.45, 2.75) is 32.6 Å². The standard InChI is InChI=1S/C24H29N3O3/c1-4-29-21-13-12-17(15-22(21)30-5-2)24(28)27-14-8-9-18(16-27)23-25-19-10-6-7-11-20(19)26(23)3/h6-7,10-13,15,18H,4-5,8-9,14,16H2,1-3H3. The molecule has 1 aliphatic heterocycles. The molecule has 2 heterocycles. The maximum atomic E-state index is 13.3. The Hall–Kier alpha value is -3.02. The Morgan fingerprint density at radius 1 is 1.10 bits per heavy atom. The van der Waals surface area contributed by atoms with E-state index in [1.54, 1.807) is 6.07 Å². The van der Waals surface area contributed by atoms with Crippen LogP contribution in [0.1, 0.15) is 48.8 Å². The summed E-state index contributed by atoms with van der Waals surface area (Å²) in [5.41, 5.74) is 2.77. The number of likely N-dealkylation sites (tertiary alicyclic amines) is 1. The fourth-order valence-corrected chi connectivity index (χ4v) is 4.27. The lowest BCUT2D eigenvalue weighted by molar-refractivity contribution is 0.0703. The molecule has 0 N–H and O–H groups in total. The molecule has 0 bridgehead atoms. The van der Waals surface area contributed by atoms with Gasteiger partial charge >= 0.3 is 0 Å². The Balaban J connectivity index is 1.56. The zero-order valence-electron chi connectivity index (χ0n) is 17.9. The van der Waals surface area contributed by atoms with E-state index in [9.17, 15) is 4.79 Å². The number of amides is 1. The third-order valence-electron chi connectivity index (χ3n) is 5.69. The van der Waals surface area contributed by atoms with Gasteiger partial charge in [-0.1, -0.05) is 12.1 Å². The summed E-state index contributed by atoms with van der Waals surface area (Å²) in [5.74, 6) is 2.60. The summed E-state index contributed by atoms with van der Waals surface area (Å²) >= 11 is 0. The number of carbonyl (C=O) groups is 1. The topological polar surface area (TPSA) is 56.6 Å². The summed E-state index contributed by atoms with van der Waals surface area (Å²) in [7, 11) is 2.06. The van der Waals surface area contributed by atoms with Gasteiger partial charge in [0, 0.05) is 31.6 Å². The number of ether oxygens (including phenoxy) is 2. The third kappa shape index (κ3) is 3.86. The number of nitrogens with zero attached hydrogens (tertiary/aromatic N) is 3. The molecule has 1 saturated heterocycles. The molecule has 4 rings (SSSR count). The molecule has 2 aromatic carbocycles. The number of piperidine rings is 1. The summed E-state index contributed by atoms with van der Waals surface area (Å²) < 4.78 is 13.5. The number of hydrogen-bond acceptors (Lipinski definition) is 4. The zero-order chi connectivity index (χ0) is 21.1. The fraction of sp³-hybridized carbons (Fsp3) is 0.417. The minimum Gasteiger partial charge on any atom is -0.490 e. The number of fused-ring (bicyclic) bond motifs is 1. The van der Waals surface area contributed by atoms with Gasteiger partial charge in [-0.3, -0.25) is 4.79 Å². The number of rotatable bonds is 6. The Morgan fingerprint density at radius 3 is 2.63 bits per heavy atom. The molecule has 1 fully saturated rings. The summed E-state index contributed by atoms with van der Waals surface area (Å²) in [6, 6.07) is 13.6. The van der Waals surface area contributed by atoms with Crippen LogP contribution in [0.2, 0.25) is 0 Å². The first-order chi connectivity index (χ1) is 14.6. The Bertz CT molecular complexity index is 1040. The van der Waals surface area contributed by atoms with Crippen molar-refractivity contribution in [3.8, 4) is 11.5 Å². The van der Waals surface area contributed by atoms with Gasteiger partial charge < -0.3 is 18.9 Å². The lowest BCUT2D eigenvalue weighted by Crippen LogP contribution is -2.39. The Morgan fingerprint density at radius 2 is 1.87 bits per heavy atom. The van der Waals surface area contributed by atoms with E-state index in [-0.39, 0.29) is 11.8 Å². The molecule has 30 heavy (non-hydrogen) atoms. The molecule has 3 aromatic rings. The Labute approximate surface area is 177 Å². The molecule has 1 atom stereocenters. The van der Waals surface area contributed by atoms with E-state index in [0.717, 1.165) is 36.2 Å². The highest BCUT2D eigenvalue weighted by Gasteiger charge is 2.29. The maximum absolute atomic E-state index is 13.3. The van der Waals surface area contributed by atoms with Crippen molar-refractivity contribution in [1.29, 1.82) is 0 Å². The summed E-state index contributed by atoms with van der Waals surface area (Å²) in [5, 5.41) is 0. The van der Waals surface area contributed by atoms with Gasteiger partial charge in [0.1, 0.15) is 5.82 Å². The summed E-state index contributed by atoms with van der Waals surface area (Å²) in [6.45, 7) is 6.37. The van der Waals surface area contributed by atoms with Gasteiger partial charge in [0.05, 0.1) is 24.2 Å². The smallest absolute Gasteiger partial charge is 0.254 e. The molecule has 0 aliphatic carbocycles. The fourth-order valence-electron chi connectivity index (χ4n) is 4.27. The largest absolute Gasteiger partial charge is 0.490 e. The Kier molecular flexibility index (Phi) is 5.93. The first-order valence-corrected chi connectivity index (χ1v) is 10.7.